The van der Waals surface area contributed by atoms with Gasteiger partial charge in [0.25, 0.3) is 0 Å². The molecule has 0 saturated heterocycles. The first-order chi connectivity index (χ1) is 6.85. The van der Waals surface area contributed by atoms with Crippen molar-refractivity contribution < 1.29 is 5.11 Å². The average Bonchev–Trinajstić information content (AvgIpc) is 1.98. The first-order valence-electron chi connectivity index (χ1n) is 5.85. The predicted octanol–water partition coefficient (Wildman–Crippen LogP) is 2.98. The van der Waals surface area contributed by atoms with E-state index in [0.717, 1.165) is 12.8 Å². The Kier molecular flexibility index (Phi) is 4.39. The van der Waals surface area contributed by atoms with Crippen LogP contribution in [0.4, 0.5) is 0 Å². The topological polar surface area (TPSA) is 32.6 Å². The van der Waals surface area contributed by atoms with Crippen molar-refractivity contribution in [2.75, 3.05) is 0 Å². The number of aliphatic hydroxyl groups is 1. The SMILES string of the molecule is CCCCCC1=NC(C)(O)CC(C)(C)[Se]1. The van der Waals surface area contributed by atoms with Gasteiger partial charge in [-0.15, -0.1) is 0 Å². The minimum atomic E-state index is -0.814. The summed E-state index contributed by atoms with van der Waals surface area (Å²) >= 11 is 0.461. The standard InChI is InChI=1S/C12H23NOSe/c1-5-6-7-8-10-13-12(4,14)9-11(2,3)15-10/h14H,5-9H2,1-4H3. The molecule has 1 N–H and O–H groups in total. The van der Waals surface area contributed by atoms with E-state index in [9.17, 15) is 5.11 Å². The molecule has 1 unspecified atom stereocenters. The van der Waals surface area contributed by atoms with Crippen LogP contribution in [-0.4, -0.2) is 30.4 Å². The molecule has 1 rings (SSSR count). The van der Waals surface area contributed by atoms with Crippen molar-refractivity contribution in [3.8, 4) is 0 Å². The van der Waals surface area contributed by atoms with Crippen LogP contribution in [0.25, 0.3) is 0 Å². The third-order valence-electron chi connectivity index (χ3n) is 2.51. The second-order valence-corrected chi connectivity index (χ2v) is 8.95. The normalized spacial score (nSPS) is 30.1. The van der Waals surface area contributed by atoms with Gasteiger partial charge in [0.1, 0.15) is 0 Å². The molecule has 15 heavy (non-hydrogen) atoms. The van der Waals surface area contributed by atoms with Crippen LogP contribution in [0.5, 0.6) is 0 Å². The zero-order valence-corrected chi connectivity index (χ0v) is 12.1. The Labute approximate surface area is 99.7 Å². The molecule has 0 aromatic carbocycles. The summed E-state index contributed by atoms with van der Waals surface area (Å²) in [7, 11) is 0. The van der Waals surface area contributed by atoms with E-state index in [1.54, 1.807) is 0 Å². The Morgan fingerprint density at radius 2 is 2.00 bits per heavy atom. The van der Waals surface area contributed by atoms with Crippen LogP contribution in [-0.2, 0) is 0 Å². The van der Waals surface area contributed by atoms with Crippen molar-refractivity contribution in [3.63, 3.8) is 0 Å². The Morgan fingerprint density at radius 3 is 2.53 bits per heavy atom. The van der Waals surface area contributed by atoms with Crippen molar-refractivity contribution in [2.45, 2.75) is 69.8 Å². The van der Waals surface area contributed by atoms with E-state index >= 15 is 0 Å². The molecule has 0 aromatic heterocycles. The Hall–Kier alpha value is 0.149. The molecule has 0 radical (unpaired) electrons. The molecule has 0 aromatic rings. The van der Waals surface area contributed by atoms with Gasteiger partial charge in [-0.05, 0) is 0 Å². The van der Waals surface area contributed by atoms with Gasteiger partial charge < -0.3 is 0 Å². The summed E-state index contributed by atoms with van der Waals surface area (Å²) in [6.45, 7) is 8.55. The van der Waals surface area contributed by atoms with Crippen LogP contribution >= 0.6 is 0 Å². The number of aliphatic imine (C=N–C) groups is 1. The molecular weight excluding hydrogens is 253 g/mol. The fraction of sp³-hybridized carbons (Fsp3) is 0.917. The maximum atomic E-state index is 10.1. The average molecular weight is 276 g/mol. The van der Waals surface area contributed by atoms with Crippen molar-refractivity contribution in [2.24, 2.45) is 4.99 Å². The van der Waals surface area contributed by atoms with E-state index in [-0.39, 0.29) is 4.31 Å². The third-order valence-corrected chi connectivity index (χ3v) is 5.09. The number of unbranched alkanes of at least 4 members (excludes halogenated alkanes) is 2. The van der Waals surface area contributed by atoms with Gasteiger partial charge in [-0.1, -0.05) is 0 Å². The summed E-state index contributed by atoms with van der Waals surface area (Å²) in [5.74, 6) is 0. The van der Waals surface area contributed by atoms with Crippen molar-refractivity contribution in [3.05, 3.63) is 0 Å². The quantitative estimate of drug-likeness (QED) is 0.621. The van der Waals surface area contributed by atoms with E-state index in [1.165, 1.54) is 23.9 Å². The number of rotatable bonds is 4. The summed E-state index contributed by atoms with van der Waals surface area (Å²) in [6.07, 6.45) is 5.64. The molecule has 0 spiro atoms. The summed E-state index contributed by atoms with van der Waals surface area (Å²) < 4.78 is 1.54. The Morgan fingerprint density at radius 1 is 1.33 bits per heavy atom. The molecule has 0 amide bonds. The third kappa shape index (κ3) is 4.67. The molecule has 1 aliphatic rings. The predicted molar refractivity (Wildman–Crippen MR) is 66.6 cm³/mol. The second kappa shape index (κ2) is 4.99. The van der Waals surface area contributed by atoms with Crippen LogP contribution in [0.2, 0.25) is 4.31 Å². The zero-order chi connectivity index (χ0) is 11.5. The van der Waals surface area contributed by atoms with E-state index in [2.05, 4.69) is 25.8 Å². The van der Waals surface area contributed by atoms with Crippen molar-refractivity contribution in [1.82, 2.24) is 0 Å². The minimum absolute atomic E-state index is 0.264. The van der Waals surface area contributed by atoms with Crippen LogP contribution in [0, 0.1) is 0 Å². The fourth-order valence-electron chi connectivity index (χ4n) is 2.13. The Bertz CT molecular complexity index is 246. The molecule has 1 aliphatic heterocycles. The monoisotopic (exact) mass is 277 g/mol. The van der Waals surface area contributed by atoms with Gasteiger partial charge in [0, 0.05) is 0 Å². The van der Waals surface area contributed by atoms with Gasteiger partial charge in [0.2, 0.25) is 0 Å². The van der Waals surface area contributed by atoms with E-state index in [0.29, 0.717) is 15.0 Å². The summed E-state index contributed by atoms with van der Waals surface area (Å²) in [5, 5.41) is 10.1. The zero-order valence-electron chi connectivity index (χ0n) is 10.3. The number of hydrogen-bond acceptors (Lipinski definition) is 2. The molecule has 0 saturated carbocycles. The molecular formula is C12H23NOSe. The van der Waals surface area contributed by atoms with Crippen LogP contribution < -0.4 is 0 Å². The summed E-state index contributed by atoms with van der Waals surface area (Å²) in [5.41, 5.74) is -0.814. The molecule has 0 fully saturated rings. The van der Waals surface area contributed by atoms with Gasteiger partial charge >= 0.3 is 99.5 Å². The second-order valence-electron chi connectivity index (χ2n) is 5.22. The van der Waals surface area contributed by atoms with Gasteiger partial charge in [-0.3, -0.25) is 0 Å². The number of nitrogens with zero attached hydrogens (tertiary/aromatic N) is 1. The molecule has 1 atom stereocenters. The summed E-state index contributed by atoms with van der Waals surface area (Å²) in [6, 6.07) is 0. The molecule has 3 heteroatoms. The van der Waals surface area contributed by atoms with E-state index in [4.69, 9.17) is 0 Å². The first kappa shape index (κ1) is 13.2. The van der Waals surface area contributed by atoms with Crippen LogP contribution in [0.15, 0.2) is 4.99 Å². The maximum absolute atomic E-state index is 10.1. The fourth-order valence-corrected chi connectivity index (χ4v) is 5.21. The molecule has 0 aliphatic carbocycles. The number of hydrogen-bond donors (Lipinski definition) is 1. The van der Waals surface area contributed by atoms with Crippen LogP contribution in [0.3, 0.4) is 0 Å². The van der Waals surface area contributed by atoms with Gasteiger partial charge in [0.05, 0.1) is 0 Å². The molecule has 0 bridgehead atoms. The Balaban J connectivity index is 2.59. The molecule has 1 heterocycles. The molecule has 88 valence electrons. The van der Waals surface area contributed by atoms with Crippen molar-refractivity contribution >= 4 is 19.6 Å². The molecule has 2 nitrogen and oxygen atoms in total. The van der Waals surface area contributed by atoms with Crippen molar-refractivity contribution in [1.29, 1.82) is 0 Å². The van der Waals surface area contributed by atoms with E-state index in [1.807, 2.05) is 6.92 Å². The van der Waals surface area contributed by atoms with Gasteiger partial charge in [-0.2, -0.15) is 0 Å². The van der Waals surface area contributed by atoms with Gasteiger partial charge in [0.15, 0.2) is 0 Å². The van der Waals surface area contributed by atoms with E-state index < -0.39 is 5.72 Å². The van der Waals surface area contributed by atoms with Gasteiger partial charge in [-0.25, -0.2) is 0 Å². The first-order valence-corrected chi connectivity index (χ1v) is 7.56. The van der Waals surface area contributed by atoms with Crippen LogP contribution in [0.1, 0.15) is 59.8 Å². The summed E-state index contributed by atoms with van der Waals surface area (Å²) in [4.78, 5) is 4.48.